The first-order valence-corrected chi connectivity index (χ1v) is 7.53. The first-order chi connectivity index (χ1) is 10.8. The SMILES string of the molecule is O=C(c1cnc(C2CC2)nc1)N1CCOCC1c1ccn[nH]1. The van der Waals surface area contributed by atoms with Gasteiger partial charge in [0.2, 0.25) is 0 Å². The monoisotopic (exact) mass is 299 g/mol. The van der Waals surface area contributed by atoms with E-state index in [1.165, 1.54) is 0 Å². The largest absolute Gasteiger partial charge is 0.377 e. The Morgan fingerprint density at radius 3 is 2.82 bits per heavy atom. The lowest BCUT2D eigenvalue weighted by Gasteiger charge is -2.34. The molecule has 1 unspecified atom stereocenters. The second kappa shape index (κ2) is 5.49. The fourth-order valence-electron chi connectivity index (χ4n) is 2.72. The van der Waals surface area contributed by atoms with E-state index in [1.54, 1.807) is 23.5 Å². The van der Waals surface area contributed by atoms with Gasteiger partial charge in [0.25, 0.3) is 5.91 Å². The summed E-state index contributed by atoms with van der Waals surface area (Å²) in [5.74, 6) is 1.28. The van der Waals surface area contributed by atoms with E-state index in [0.717, 1.165) is 24.4 Å². The lowest BCUT2D eigenvalue weighted by molar-refractivity contribution is -0.00396. The minimum atomic E-state index is -0.146. The van der Waals surface area contributed by atoms with Crippen molar-refractivity contribution in [3.8, 4) is 0 Å². The standard InChI is InChI=1S/C15H17N5O2/c21-15(11-7-16-14(17-8-11)10-1-2-10)20-5-6-22-9-13(20)12-3-4-18-19-12/h3-4,7-8,10,13H,1-2,5-6,9H2,(H,18,19). The maximum absolute atomic E-state index is 12.8. The molecule has 1 atom stereocenters. The van der Waals surface area contributed by atoms with Crippen LogP contribution in [0.1, 0.15) is 46.7 Å². The van der Waals surface area contributed by atoms with E-state index in [-0.39, 0.29) is 11.9 Å². The quantitative estimate of drug-likeness (QED) is 0.923. The Balaban J connectivity index is 1.56. The molecule has 2 aliphatic rings. The molecule has 2 fully saturated rings. The van der Waals surface area contributed by atoms with Crippen LogP contribution >= 0.6 is 0 Å². The number of amides is 1. The van der Waals surface area contributed by atoms with Crippen LogP contribution in [0.25, 0.3) is 0 Å². The van der Waals surface area contributed by atoms with Gasteiger partial charge < -0.3 is 9.64 Å². The zero-order valence-electron chi connectivity index (χ0n) is 12.1. The van der Waals surface area contributed by atoms with Gasteiger partial charge in [-0.15, -0.1) is 0 Å². The van der Waals surface area contributed by atoms with E-state index in [2.05, 4.69) is 20.2 Å². The Morgan fingerprint density at radius 2 is 2.14 bits per heavy atom. The highest BCUT2D eigenvalue weighted by molar-refractivity contribution is 5.94. The second-order valence-electron chi connectivity index (χ2n) is 5.71. The molecule has 2 aromatic rings. The summed E-state index contributed by atoms with van der Waals surface area (Å²) in [5.41, 5.74) is 1.40. The zero-order valence-corrected chi connectivity index (χ0v) is 12.1. The van der Waals surface area contributed by atoms with E-state index in [4.69, 9.17) is 4.74 Å². The first kappa shape index (κ1) is 13.4. The van der Waals surface area contributed by atoms with Gasteiger partial charge in [-0.2, -0.15) is 5.10 Å². The predicted molar refractivity (Wildman–Crippen MR) is 77.2 cm³/mol. The van der Waals surface area contributed by atoms with Gasteiger partial charge in [0.15, 0.2) is 0 Å². The third kappa shape index (κ3) is 2.48. The van der Waals surface area contributed by atoms with Crippen LogP contribution < -0.4 is 0 Å². The van der Waals surface area contributed by atoms with Crippen LogP contribution in [-0.2, 0) is 4.74 Å². The number of carbonyl (C=O) groups excluding carboxylic acids is 1. The molecule has 0 bridgehead atoms. The van der Waals surface area contributed by atoms with E-state index < -0.39 is 0 Å². The van der Waals surface area contributed by atoms with Crippen LogP contribution in [0.2, 0.25) is 0 Å². The van der Waals surface area contributed by atoms with Gasteiger partial charge in [-0.05, 0) is 18.9 Å². The normalized spacial score (nSPS) is 21.8. The summed E-state index contributed by atoms with van der Waals surface area (Å²) in [5, 5.41) is 6.88. The third-order valence-corrected chi connectivity index (χ3v) is 4.13. The predicted octanol–water partition coefficient (Wildman–Crippen LogP) is 1.29. The molecular weight excluding hydrogens is 282 g/mol. The molecule has 0 aromatic carbocycles. The first-order valence-electron chi connectivity index (χ1n) is 7.53. The highest BCUT2D eigenvalue weighted by Crippen LogP contribution is 2.37. The zero-order chi connectivity index (χ0) is 14.9. The fourth-order valence-corrected chi connectivity index (χ4v) is 2.72. The molecule has 1 saturated carbocycles. The summed E-state index contributed by atoms with van der Waals surface area (Å²) in [7, 11) is 0. The average Bonchev–Trinajstić information content (AvgIpc) is 3.29. The molecule has 7 heteroatoms. The molecule has 1 aliphatic heterocycles. The lowest BCUT2D eigenvalue weighted by atomic mass is 10.1. The highest BCUT2D eigenvalue weighted by Gasteiger charge is 2.31. The Labute approximate surface area is 127 Å². The van der Waals surface area contributed by atoms with Crippen LogP contribution in [-0.4, -0.2) is 50.7 Å². The summed E-state index contributed by atoms with van der Waals surface area (Å²) >= 11 is 0. The number of hydrogen-bond donors (Lipinski definition) is 1. The maximum atomic E-state index is 12.8. The van der Waals surface area contributed by atoms with Crippen molar-refractivity contribution < 1.29 is 9.53 Å². The number of nitrogens with one attached hydrogen (secondary N) is 1. The number of aromatic nitrogens is 4. The number of morpholine rings is 1. The van der Waals surface area contributed by atoms with E-state index in [9.17, 15) is 4.79 Å². The fraction of sp³-hybridized carbons (Fsp3) is 0.467. The summed E-state index contributed by atoms with van der Waals surface area (Å²) in [4.78, 5) is 23.2. The molecule has 3 heterocycles. The molecule has 114 valence electrons. The number of hydrogen-bond acceptors (Lipinski definition) is 5. The Kier molecular flexibility index (Phi) is 3.34. The molecule has 1 amide bonds. The van der Waals surface area contributed by atoms with Gasteiger partial charge in [-0.25, -0.2) is 9.97 Å². The van der Waals surface area contributed by atoms with Gasteiger partial charge in [0.05, 0.1) is 30.5 Å². The Bertz CT molecular complexity index is 651. The van der Waals surface area contributed by atoms with E-state index in [1.807, 2.05) is 6.07 Å². The molecule has 1 saturated heterocycles. The number of carbonyl (C=O) groups is 1. The van der Waals surface area contributed by atoms with Crippen molar-refractivity contribution in [2.24, 2.45) is 0 Å². The van der Waals surface area contributed by atoms with Crippen molar-refractivity contribution in [3.63, 3.8) is 0 Å². The molecule has 0 radical (unpaired) electrons. The maximum Gasteiger partial charge on any atom is 0.257 e. The van der Waals surface area contributed by atoms with Crippen LogP contribution in [0.5, 0.6) is 0 Å². The van der Waals surface area contributed by atoms with Gasteiger partial charge in [0.1, 0.15) is 5.82 Å². The van der Waals surface area contributed by atoms with Gasteiger partial charge in [-0.1, -0.05) is 0 Å². The summed E-state index contributed by atoms with van der Waals surface area (Å²) < 4.78 is 5.51. The van der Waals surface area contributed by atoms with Gasteiger partial charge >= 0.3 is 0 Å². The summed E-state index contributed by atoms with van der Waals surface area (Å²) in [6.07, 6.45) is 7.27. The van der Waals surface area contributed by atoms with Crippen molar-refractivity contribution in [1.29, 1.82) is 0 Å². The lowest BCUT2D eigenvalue weighted by Crippen LogP contribution is -2.43. The van der Waals surface area contributed by atoms with Crippen LogP contribution in [0, 0.1) is 0 Å². The smallest absolute Gasteiger partial charge is 0.257 e. The summed E-state index contributed by atoms with van der Waals surface area (Å²) in [6.45, 7) is 1.55. The van der Waals surface area contributed by atoms with Gasteiger partial charge in [0, 0.05) is 31.1 Å². The topological polar surface area (TPSA) is 84.0 Å². The van der Waals surface area contributed by atoms with Crippen molar-refractivity contribution >= 4 is 5.91 Å². The Morgan fingerprint density at radius 1 is 1.32 bits per heavy atom. The van der Waals surface area contributed by atoms with Crippen LogP contribution in [0.3, 0.4) is 0 Å². The van der Waals surface area contributed by atoms with Crippen molar-refractivity contribution in [2.45, 2.75) is 24.8 Å². The minimum Gasteiger partial charge on any atom is -0.377 e. The molecule has 4 rings (SSSR count). The third-order valence-electron chi connectivity index (χ3n) is 4.13. The molecule has 1 aliphatic carbocycles. The average molecular weight is 299 g/mol. The Hall–Kier alpha value is -2.28. The minimum absolute atomic E-state index is 0.0646. The molecule has 22 heavy (non-hydrogen) atoms. The van der Waals surface area contributed by atoms with E-state index >= 15 is 0 Å². The van der Waals surface area contributed by atoms with Gasteiger partial charge in [-0.3, -0.25) is 9.89 Å². The summed E-state index contributed by atoms with van der Waals surface area (Å²) in [6, 6.07) is 1.72. The molecule has 2 aromatic heterocycles. The van der Waals surface area contributed by atoms with Crippen molar-refractivity contribution in [3.05, 3.63) is 41.7 Å². The van der Waals surface area contributed by atoms with Crippen molar-refractivity contribution in [2.75, 3.05) is 19.8 Å². The molecule has 1 N–H and O–H groups in total. The number of rotatable bonds is 3. The number of nitrogens with zero attached hydrogens (tertiary/aromatic N) is 4. The van der Waals surface area contributed by atoms with Crippen molar-refractivity contribution in [1.82, 2.24) is 25.1 Å². The van der Waals surface area contributed by atoms with Crippen LogP contribution in [0.15, 0.2) is 24.7 Å². The number of ether oxygens (including phenoxy) is 1. The molecule has 7 nitrogen and oxygen atoms in total. The highest BCUT2D eigenvalue weighted by atomic mass is 16.5. The van der Waals surface area contributed by atoms with Crippen LogP contribution in [0.4, 0.5) is 0 Å². The number of H-pyrrole nitrogens is 1. The van der Waals surface area contributed by atoms with E-state index in [0.29, 0.717) is 31.2 Å². The number of aromatic amines is 1. The molecule has 0 spiro atoms. The molecular formula is C15H17N5O2. The second-order valence-corrected chi connectivity index (χ2v) is 5.71.